The molecule has 0 aliphatic carbocycles. The van der Waals surface area contributed by atoms with Gasteiger partial charge in [-0.1, -0.05) is 0 Å². The van der Waals surface area contributed by atoms with Crippen LogP contribution in [-0.2, 0) is 0 Å². The van der Waals surface area contributed by atoms with E-state index in [0.29, 0.717) is 0 Å². The van der Waals surface area contributed by atoms with Gasteiger partial charge in [-0.2, -0.15) is 0 Å². The third-order valence-electron chi connectivity index (χ3n) is 0.908. The first-order valence-electron chi connectivity index (χ1n) is 2.44. The molecule has 0 aliphatic heterocycles. The minimum absolute atomic E-state index is 0. The van der Waals surface area contributed by atoms with E-state index in [0.717, 1.165) is 0 Å². The maximum absolute atomic E-state index is 10.2. The Balaban J connectivity index is 0.000000810. The van der Waals surface area contributed by atoms with E-state index < -0.39 is 5.97 Å². The van der Waals surface area contributed by atoms with Gasteiger partial charge in [-0.15, -0.1) is 0 Å². The molecule has 10 heavy (non-hydrogen) atoms. The molecule has 1 N–H and O–H groups in total. The summed E-state index contributed by atoms with van der Waals surface area (Å²) < 4.78 is 0. The van der Waals surface area contributed by atoms with Crippen molar-refractivity contribution < 1.29 is 9.90 Å². The van der Waals surface area contributed by atoms with Crippen LogP contribution < -0.4 is 0 Å². The number of hydrogen-bond acceptors (Lipinski definition) is 2. The van der Waals surface area contributed by atoms with E-state index in [1.54, 1.807) is 6.07 Å². The molecule has 3 nitrogen and oxygen atoms in total. The van der Waals surface area contributed by atoms with Crippen LogP contribution in [-0.4, -0.2) is 53.8 Å². The molecular formula is C6H7CaNO2. The molecule has 1 rings (SSSR count). The number of carbonyl (C=O) groups is 1. The SMILES string of the molecule is O=C(O)c1cccnc1.[CaH2]. The number of nitrogens with zero attached hydrogens (tertiary/aromatic N) is 1. The van der Waals surface area contributed by atoms with E-state index in [-0.39, 0.29) is 43.3 Å². The second-order valence-electron chi connectivity index (χ2n) is 1.55. The Morgan fingerprint density at radius 2 is 2.30 bits per heavy atom. The number of pyridine rings is 1. The van der Waals surface area contributed by atoms with Crippen LogP contribution in [0.4, 0.5) is 0 Å². The first-order chi connectivity index (χ1) is 4.30. The van der Waals surface area contributed by atoms with Crippen molar-refractivity contribution in [3.63, 3.8) is 0 Å². The Morgan fingerprint density at radius 3 is 2.60 bits per heavy atom. The Morgan fingerprint density at radius 1 is 1.60 bits per heavy atom. The van der Waals surface area contributed by atoms with Gasteiger partial charge in [-0.05, 0) is 12.1 Å². The number of carboxylic acids is 1. The zero-order chi connectivity index (χ0) is 6.69. The molecule has 0 aliphatic rings. The van der Waals surface area contributed by atoms with E-state index in [1.165, 1.54) is 18.5 Å². The number of aromatic nitrogens is 1. The van der Waals surface area contributed by atoms with Crippen LogP contribution in [0.1, 0.15) is 10.4 Å². The summed E-state index contributed by atoms with van der Waals surface area (Å²) in [7, 11) is 0. The first-order valence-corrected chi connectivity index (χ1v) is 2.44. The Bertz CT molecular complexity index is 212. The number of carboxylic acid groups (broad SMARTS) is 1. The number of aromatic carboxylic acids is 1. The predicted molar refractivity (Wildman–Crippen MR) is 39.7 cm³/mol. The molecule has 0 atom stereocenters. The molecule has 0 saturated heterocycles. The van der Waals surface area contributed by atoms with Crippen molar-refractivity contribution in [3.8, 4) is 0 Å². The third-order valence-corrected chi connectivity index (χ3v) is 0.908. The van der Waals surface area contributed by atoms with E-state index >= 15 is 0 Å². The van der Waals surface area contributed by atoms with E-state index in [2.05, 4.69) is 4.98 Å². The van der Waals surface area contributed by atoms with Gasteiger partial charge < -0.3 is 5.11 Å². The van der Waals surface area contributed by atoms with Gasteiger partial charge in [0, 0.05) is 12.4 Å². The molecule has 0 unspecified atom stereocenters. The summed E-state index contributed by atoms with van der Waals surface area (Å²) in [5, 5.41) is 8.34. The van der Waals surface area contributed by atoms with Gasteiger partial charge in [0.25, 0.3) is 0 Å². The van der Waals surface area contributed by atoms with Crippen molar-refractivity contribution in [3.05, 3.63) is 30.1 Å². The van der Waals surface area contributed by atoms with Crippen molar-refractivity contribution in [1.82, 2.24) is 4.98 Å². The fourth-order valence-electron chi connectivity index (χ4n) is 0.489. The molecule has 0 radical (unpaired) electrons. The first kappa shape index (κ1) is 9.88. The predicted octanol–water partition coefficient (Wildman–Crippen LogP) is -0.136. The van der Waals surface area contributed by atoms with Crippen LogP contribution in [0.3, 0.4) is 0 Å². The quantitative estimate of drug-likeness (QED) is 0.589. The van der Waals surface area contributed by atoms with E-state index in [4.69, 9.17) is 5.11 Å². The summed E-state index contributed by atoms with van der Waals surface area (Å²) in [6.45, 7) is 0. The van der Waals surface area contributed by atoms with Gasteiger partial charge in [-0.25, -0.2) is 4.79 Å². The zero-order valence-electron chi connectivity index (χ0n) is 4.61. The average Bonchev–Trinajstić information content (AvgIpc) is 1.90. The summed E-state index contributed by atoms with van der Waals surface area (Å²) in [4.78, 5) is 13.8. The molecule has 0 fully saturated rings. The molecule has 1 heterocycles. The normalized spacial score (nSPS) is 8.00. The van der Waals surface area contributed by atoms with Crippen LogP contribution in [0.15, 0.2) is 24.5 Å². The fraction of sp³-hybridized carbons (Fsp3) is 0. The van der Waals surface area contributed by atoms with Crippen LogP contribution in [0.2, 0.25) is 0 Å². The van der Waals surface area contributed by atoms with Gasteiger partial charge in [-0.3, -0.25) is 4.98 Å². The monoisotopic (exact) mass is 165 g/mol. The molecule has 4 heteroatoms. The van der Waals surface area contributed by atoms with Crippen LogP contribution in [0, 0.1) is 0 Å². The second-order valence-corrected chi connectivity index (χ2v) is 1.55. The molecule has 1 aromatic heterocycles. The topological polar surface area (TPSA) is 50.2 Å². The van der Waals surface area contributed by atoms with Crippen molar-refractivity contribution in [1.29, 1.82) is 0 Å². The van der Waals surface area contributed by atoms with Gasteiger partial charge >= 0.3 is 43.7 Å². The summed E-state index contributed by atoms with van der Waals surface area (Å²) in [5.41, 5.74) is 0.220. The molecule has 0 spiro atoms. The zero-order valence-corrected chi connectivity index (χ0v) is 4.61. The van der Waals surface area contributed by atoms with Crippen LogP contribution >= 0.6 is 0 Å². The summed E-state index contributed by atoms with van der Waals surface area (Å²) in [6.07, 6.45) is 2.84. The molecular weight excluding hydrogens is 158 g/mol. The average molecular weight is 165 g/mol. The van der Waals surface area contributed by atoms with E-state index in [1.807, 2.05) is 0 Å². The molecule has 1 aromatic rings. The van der Waals surface area contributed by atoms with Crippen LogP contribution in [0.25, 0.3) is 0 Å². The van der Waals surface area contributed by atoms with Gasteiger partial charge in [0.15, 0.2) is 0 Å². The van der Waals surface area contributed by atoms with Gasteiger partial charge in [0.2, 0.25) is 0 Å². The number of rotatable bonds is 1. The molecule has 0 bridgehead atoms. The summed E-state index contributed by atoms with van der Waals surface area (Å²) in [6, 6.07) is 3.08. The summed E-state index contributed by atoms with van der Waals surface area (Å²) in [5.74, 6) is -0.942. The Hall–Kier alpha value is -0.120. The van der Waals surface area contributed by atoms with Gasteiger partial charge in [0.1, 0.15) is 0 Å². The third kappa shape index (κ3) is 2.64. The molecule has 0 saturated carbocycles. The van der Waals surface area contributed by atoms with Crippen LogP contribution in [0.5, 0.6) is 0 Å². The van der Waals surface area contributed by atoms with Crippen molar-refractivity contribution in [2.45, 2.75) is 0 Å². The van der Waals surface area contributed by atoms with E-state index in [9.17, 15) is 4.79 Å². The summed E-state index contributed by atoms with van der Waals surface area (Å²) >= 11 is 0. The maximum atomic E-state index is 10.2. The standard InChI is InChI=1S/C6H5NO2.Ca.2H/c8-6(9)5-2-1-3-7-4-5;;;/h1-4H,(H,8,9);;;. The Labute approximate surface area is 88.1 Å². The minimum atomic E-state index is -0.942. The molecule has 0 amide bonds. The molecule has 0 aromatic carbocycles. The molecule has 50 valence electrons. The van der Waals surface area contributed by atoms with Gasteiger partial charge in [0.05, 0.1) is 5.56 Å². The Kier molecular flexibility index (Phi) is 4.60. The fourth-order valence-corrected chi connectivity index (χ4v) is 0.489. The number of hydrogen-bond donors (Lipinski definition) is 1. The van der Waals surface area contributed by atoms with Crippen molar-refractivity contribution in [2.24, 2.45) is 0 Å². The van der Waals surface area contributed by atoms with Crippen molar-refractivity contribution >= 4 is 43.7 Å². The van der Waals surface area contributed by atoms with Crippen molar-refractivity contribution in [2.75, 3.05) is 0 Å². The second kappa shape index (κ2) is 4.66.